The van der Waals surface area contributed by atoms with E-state index in [1.54, 1.807) is 45.0 Å². The van der Waals surface area contributed by atoms with E-state index in [1.807, 2.05) is 36.4 Å². The number of methoxy groups -OCH3 is 2. The molecule has 0 bridgehead atoms. The molecular weight excluding hydrogens is 516 g/mol. The molecule has 1 heterocycles. The molecular formula is C30H36N2O8. The van der Waals surface area contributed by atoms with Crippen molar-refractivity contribution in [3.63, 3.8) is 0 Å². The van der Waals surface area contributed by atoms with Crippen LogP contribution in [0.25, 0.3) is 5.57 Å². The van der Waals surface area contributed by atoms with E-state index in [9.17, 15) is 19.2 Å². The van der Waals surface area contributed by atoms with Gasteiger partial charge in [0.25, 0.3) is 0 Å². The monoisotopic (exact) mass is 552 g/mol. The van der Waals surface area contributed by atoms with Crippen LogP contribution in [0.15, 0.2) is 66.4 Å². The van der Waals surface area contributed by atoms with E-state index in [4.69, 9.17) is 18.9 Å². The molecule has 0 aromatic heterocycles. The van der Waals surface area contributed by atoms with Gasteiger partial charge in [0.15, 0.2) is 0 Å². The Hall–Kier alpha value is -4.34. The van der Waals surface area contributed by atoms with Gasteiger partial charge in [-0.15, -0.1) is 0 Å². The Morgan fingerprint density at radius 3 is 2.10 bits per heavy atom. The van der Waals surface area contributed by atoms with Gasteiger partial charge in [-0.25, -0.2) is 19.2 Å². The normalized spacial score (nSPS) is 17.4. The molecule has 214 valence electrons. The standard InChI is InChI=1S/C30H36N2O8/c1-30(2,3)40-29(36)32-22(16-17-24(32)26(33)37-4)18-23(21-14-10-7-11-15-21)25(27(34)38-5)31-28(35)39-19-20-12-8-6-9-13-20/h6-15,22,24H,16-19H2,1-5H3,(H,31,35)/b25-23-/t22-,24-/m0/s1. The fraction of sp³-hybridized carbons (Fsp3) is 0.400. The predicted octanol–water partition coefficient (Wildman–Crippen LogP) is 4.83. The number of ether oxygens (including phenoxy) is 4. The third kappa shape index (κ3) is 8.08. The van der Waals surface area contributed by atoms with Gasteiger partial charge in [-0.3, -0.25) is 10.2 Å². The molecule has 1 saturated heterocycles. The van der Waals surface area contributed by atoms with Gasteiger partial charge in [0.2, 0.25) is 0 Å². The molecule has 2 amide bonds. The smallest absolute Gasteiger partial charge is 0.412 e. The number of esters is 2. The summed E-state index contributed by atoms with van der Waals surface area (Å²) in [6.07, 6.45) is -0.630. The molecule has 0 radical (unpaired) electrons. The summed E-state index contributed by atoms with van der Waals surface area (Å²) in [6, 6.07) is 16.7. The number of hydrogen-bond donors (Lipinski definition) is 1. The number of hydrogen-bond acceptors (Lipinski definition) is 8. The van der Waals surface area contributed by atoms with E-state index < -0.39 is 41.8 Å². The van der Waals surface area contributed by atoms with Crippen molar-refractivity contribution in [2.75, 3.05) is 14.2 Å². The maximum atomic E-state index is 13.3. The van der Waals surface area contributed by atoms with Gasteiger partial charge in [-0.2, -0.15) is 0 Å². The summed E-state index contributed by atoms with van der Waals surface area (Å²) in [5.74, 6) is -1.35. The Kier molecular flexibility index (Phi) is 10.3. The minimum atomic E-state index is -0.854. The third-order valence-electron chi connectivity index (χ3n) is 6.27. The van der Waals surface area contributed by atoms with Crippen LogP contribution >= 0.6 is 0 Å². The molecule has 2 aromatic carbocycles. The van der Waals surface area contributed by atoms with E-state index in [0.29, 0.717) is 24.0 Å². The summed E-state index contributed by atoms with van der Waals surface area (Å²) < 4.78 is 20.9. The summed E-state index contributed by atoms with van der Waals surface area (Å²) in [6.45, 7) is 5.20. The lowest BCUT2D eigenvalue weighted by Crippen LogP contribution is -2.47. The Morgan fingerprint density at radius 2 is 1.52 bits per heavy atom. The lowest BCUT2D eigenvalue weighted by molar-refractivity contribution is -0.146. The minimum absolute atomic E-state index is 0.00233. The van der Waals surface area contributed by atoms with Crippen LogP contribution in [0.3, 0.4) is 0 Å². The topological polar surface area (TPSA) is 120 Å². The van der Waals surface area contributed by atoms with Crippen molar-refractivity contribution in [3.8, 4) is 0 Å². The molecule has 3 rings (SSSR count). The van der Waals surface area contributed by atoms with Crippen molar-refractivity contribution >= 4 is 29.7 Å². The quantitative estimate of drug-likeness (QED) is 0.281. The molecule has 40 heavy (non-hydrogen) atoms. The molecule has 0 spiro atoms. The first kappa shape index (κ1) is 30.2. The lowest BCUT2D eigenvalue weighted by Gasteiger charge is -2.32. The summed E-state index contributed by atoms with van der Waals surface area (Å²) >= 11 is 0. The maximum absolute atomic E-state index is 13.3. The highest BCUT2D eigenvalue weighted by Crippen LogP contribution is 2.35. The zero-order chi connectivity index (χ0) is 29.3. The Morgan fingerprint density at radius 1 is 0.900 bits per heavy atom. The van der Waals surface area contributed by atoms with Crippen LogP contribution < -0.4 is 5.32 Å². The maximum Gasteiger partial charge on any atom is 0.412 e. The highest BCUT2D eigenvalue weighted by molar-refractivity contribution is 6.00. The molecule has 1 fully saturated rings. The van der Waals surface area contributed by atoms with Crippen molar-refractivity contribution < 1.29 is 38.1 Å². The van der Waals surface area contributed by atoms with E-state index in [-0.39, 0.29) is 18.7 Å². The van der Waals surface area contributed by atoms with Crippen molar-refractivity contribution in [2.45, 2.75) is 64.3 Å². The molecule has 1 aliphatic rings. The van der Waals surface area contributed by atoms with Gasteiger partial charge in [0.1, 0.15) is 23.9 Å². The first-order valence-electron chi connectivity index (χ1n) is 13.0. The molecule has 2 aromatic rings. The molecule has 0 saturated carbocycles. The van der Waals surface area contributed by atoms with E-state index in [2.05, 4.69) is 5.32 Å². The number of rotatable bonds is 8. The van der Waals surface area contributed by atoms with E-state index in [1.165, 1.54) is 19.1 Å². The summed E-state index contributed by atoms with van der Waals surface area (Å²) in [5, 5.41) is 2.56. The largest absolute Gasteiger partial charge is 0.467 e. The van der Waals surface area contributed by atoms with Crippen molar-refractivity contribution in [1.82, 2.24) is 10.2 Å². The van der Waals surface area contributed by atoms with Crippen LogP contribution in [0, 0.1) is 0 Å². The molecule has 0 unspecified atom stereocenters. The number of amides is 2. The Bertz CT molecular complexity index is 1220. The Balaban J connectivity index is 1.98. The summed E-state index contributed by atoms with van der Waals surface area (Å²) in [5.41, 5.74) is 0.879. The Labute approximate surface area is 234 Å². The SMILES string of the molecule is COC(=O)/C(NC(=O)OCc1ccccc1)=C(\C[C@@H]1CC[C@@H](C(=O)OC)N1C(=O)OC(C)(C)C)c1ccccc1. The minimum Gasteiger partial charge on any atom is -0.467 e. The number of likely N-dealkylation sites (tertiary alicyclic amines) is 1. The summed E-state index contributed by atoms with van der Waals surface area (Å²) in [7, 11) is 2.47. The fourth-order valence-electron chi connectivity index (χ4n) is 4.49. The van der Waals surface area contributed by atoms with Gasteiger partial charge in [0.05, 0.1) is 14.2 Å². The summed E-state index contributed by atoms with van der Waals surface area (Å²) in [4.78, 5) is 53.0. The van der Waals surface area contributed by atoms with Gasteiger partial charge in [-0.05, 0) is 56.7 Å². The van der Waals surface area contributed by atoms with Gasteiger partial charge < -0.3 is 18.9 Å². The van der Waals surface area contributed by atoms with Crippen LogP contribution in [0.4, 0.5) is 9.59 Å². The lowest BCUT2D eigenvalue weighted by atomic mass is 9.95. The fourth-order valence-corrected chi connectivity index (χ4v) is 4.49. The molecule has 1 N–H and O–H groups in total. The number of carbonyl (C=O) groups excluding carboxylic acids is 4. The number of nitrogens with one attached hydrogen (secondary N) is 1. The van der Waals surface area contributed by atoms with Gasteiger partial charge in [-0.1, -0.05) is 60.7 Å². The highest BCUT2D eigenvalue weighted by atomic mass is 16.6. The number of benzene rings is 2. The number of nitrogens with zero attached hydrogens (tertiary/aromatic N) is 1. The zero-order valence-electron chi connectivity index (χ0n) is 23.5. The molecule has 10 nitrogen and oxygen atoms in total. The number of alkyl carbamates (subject to hydrolysis) is 1. The average molecular weight is 553 g/mol. The molecule has 0 aliphatic carbocycles. The van der Waals surface area contributed by atoms with Crippen LogP contribution in [0.2, 0.25) is 0 Å². The van der Waals surface area contributed by atoms with Crippen LogP contribution in [-0.4, -0.2) is 60.9 Å². The average Bonchev–Trinajstić information content (AvgIpc) is 3.37. The predicted molar refractivity (Wildman–Crippen MR) is 147 cm³/mol. The van der Waals surface area contributed by atoms with Crippen LogP contribution in [0.5, 0.6) is 0 Å². The first-order valence-corrected chi connectivity index (χ1v) is 13.0. The van der Waals surface area contributed by atoms with Crippen molar-refractivity contribution in [1.29, 1.82) is 0 Å². The second-order valence-electron chi connectivity index (χ2n) is 10.3. The second-order valence-corrected chi connectivity index (χ2v) is 10.3. The molecule has 2 atom stereocenters. The van der Waals surface area contributed by atoms with Crippen LogP contribution in [0.1, 0.15) is 51.2 Å². The second kappa shape index (κ2) is 13.6. The van der Waals surface area contributed by atoms with E-state index >= 15 is 0 Å². The van der Waals surface area contributed by atoms with E-state index in [0.717, 1.165) is 5.56 Å². The zero-order valence-corrected chi connectivity index (χ0v) is 23.5. The molecule has 1 aliphatic heterocycles. The van der Waals surface area contributed by atoms with Crippen molar-refractivity contribution in [2.24, 2.45) is 0 Å². The van der Waals surface area contributed by atoms with Crippen molar-refractivity contribution in [3.05, 3.63) is 77.5 Å². The van der Waals surface area contributed by atoms with Gasteiger partial charge in [0, 0.05) is 6.04 Å². The highest BCUT2D eigenvalue weighted by Gasteiger charge is 2.44. The van der Waals surface area contributed by atoms with Gasteiger partial charge >= 0.3 is 24.1 Å². The first-order chi connectivity index (χ1) is 19.0. The third-order valence-corrected chi connectivity index (χ3v) is 6.27. The molecule has 10 heteroatoms. The number of carbonyl (C=O) groups is 4. The van der Waals surface area contributed by atoms with Crippen LogP contribution in [-0.2, 0) is 35.1 Å².